The molecule has 1 unspecified atom stereocenters. The molecular formula is C24H23F3N4OS. The van der Waals surface area contributed by atoms with Crippen LogP contribution in [-0.4, -0.2) is 28.9 Å². The third-order valence-electron chi connectivity index (χ3n) is 5.27. The molecule has 2 heterocycles. The van der Waals surface area contributed by atoms with Gasteiger partial charge in [0.05, 0.1) is 10.4 Å². The summed E-state index contributed by atoms with van der Waals surface area (Å²) in [6, 6.07) is 10.7. The zero-order valence-corrected chi connectivity index (χ0v) is 18.6. The number of halogens is 3. The Hall–Kier alpha value is -3.06. The van der Waals surface area contributed by atoms with Gasteiger partial charge in [0.2, 0.25) is 0 Å². The van der Waals surface area contributed by atoms with E-state index >= 15 is 0 Å². The molecule has 0 saturated carbocycles. The highest BCUT2D eigenvalue weighted by Gasteiger charge is 2.30. The summed E-state index contributed by atoms with van der Waals surface area (Å²) in [6.07, 6.45) is -3.94. The predicted octanol–water partition coefficient (Wildman–Crippen LogP) is 4.47. The average Bonchev–Trinajstić information content (AvgIpc) is 3.34. The number of aliphatic hydroxyl groups is 1. The standard InChI is InChI=1S/C24H23F3N4OS/c1-2-3-20-22(15-6-9-19-16(11-15)12-21(32)30-19)33-23(31-20)29-13-18(28)10-14-4-7-17(8-5-14)24(25,26)27/h4-9,11,18,21,30,32H,10,12-13,28H2,1H3,(H,29,31)/t18-,21?/m0/s1. The monoisotopic (exact) mass is 472 g/mol. The molecule has 1 aliphatic heterocycles. The smallest absolute Gasteiger partial charge is 0.373 e. The van der Waals surface area contributed by atoms with Crippen molar-refractivity contribution >= 4 is 22.2 Å². The van der Waals surface area contributed by atoms with Gasteiger partial charge in [0, 0.05) is 24.7 Å². The third-order valence-corrected chi connectivity index (χ3v) is 6.33. The number of hydrogen-bond acceptors (Lipinski definition) is 6. The van der Waals surface area contributed by atoms with Gasteiger partial charge in [-0.25, -0.2) is 4.98 Å². The number of thiazole rings is 1. The second-order valence-electron chi connectivity index (χ2n) is 7.85. The van der Waals surface area contributed by atoms with E-state index in [0.29, 0.717) is 30.2 Å². The van der Waals surface area contributed by atoms with E-state index in [1.807, 2.05) is 18.2 Å². The minimum absolute atomic E-state index is 0.303. The van der Waals surface area contributed by atoms with Gasteiger partial charge in [-0.15, -0.1) is 0 Å². The number of anilines is 2. The second-order valence-corrected chi connectivity index (χ2v) is 8.85. The lowest BCUT2D eigenvalue weighted by atomic mass is 10.0. The first-order valence-corrected chi connectivity index (χ1v) is 11.2. The van der Waals surface area contributed by atoms with Gasteiger partial charge in [-0.3, -0.25) is 0 Å². The molecule has 0 aliphatic carbocycles. The van der Waals surface area contributed by atoms with E-state index in [0.717, 1.165) is 39.4 Å². The van der Waals surface area contributed by atoms with E-state index in [4.69, 9.17) is 5.73 Å². The van der Waals surface area contributed by atoms with Crippen molar-refractivity contribution in [1.82, 2.24) is 4.98 Å². The molecule has 33 heavy (non-hydrogen) atoms. The van der Waals surface area contributed by atoms with Crippen LogP contribution in [0.3, 0.4) is 0 Å². The van der Waals surface area contributed by atoms with E-state index in [1.54, 1.807) is 6.92 Å². The van der Waals surface area contributed by atoms with Gasteiger partial charge >= 0.3 is 6.18 Å². The minimum Gasteiger partial charge on any atom is -0.373 e. The molecule has 0 spiro atoms. The van der Waals surface area contributed by atoms with Crippen LogP contribution in [0.2, 0.25) is 0 Å². The number of nitrogens with two attached hydrogens (primary N) is 1. The quantitative estimate of drug-likeness (QED) is 0.398. The van der Waals surface area contributed by atoms with Crippen LogP contribution in [-0.2, 0) is 19.0 Å². The summed E-state index contributed by atoms with van der Waals surface area (Å²) in [5.74, 6) is 5.93. The molecule has 9 heteroatoms. The van der Waals surface area contributed by atoms with Crippen molar-refractivity contribution < 1.29 is 18.3 Å². The molecule has 1 aliphatic rings. The van der Waals surface area contributed by atoms with E-state index in [2.05, 4.69) is 27.5 Å². The van der Waals surface area contributed by atoms with Crippen LogP contribution in [0.15, 0.2) is 42.5 Å². The molecule has 3 aromatic rings. The number of aromatic nitrogens is 1. The zero-order chi connectivity index (χ0) is 23.6. The SMILES string of the molecule is CC#Cc1nc(NC[C@@H](N)Cc2ccc(C(F)(F)F)cc2)sc1-c1ccc2c(c1)CC(O)N2. The van der Waals surface area contributed by atoms with Gasteiger partial charge in [-0.05, 0) is 60.2 Å². The lowest BCUT2D eigenvalue weighted by molar-refractivity contribution is -0.137. The molecule has 1 aromatic heterocycles. The fourth-order valence-corrected chi connectivity index (χ4v) is 4.63. The van der Waals surface area contributed by atoms with Crippen LogP contribution < -0.4 is 16.4 Å². The zero-order valence-electron chi connectivity index (χ0n) is 17.8. The summed E-state index contributed by atoms with van der Waals surface area (Å²) in [5, 5.41) is 16.7. The van der Waals surface area contributed by atoms with Gasteiger partial charge in [-0.2, -0.15) is 13.2 Å². The van der Waals surface area contributed by atoms with Crippen LogP contribution in [0.1, 0.15) is 29.3 Å². The molecule has 0 radical (unpaired) electrons. The summed E-state index contributed by atoms with van der Waals surface area (Å²) in [4.78, 5) is 5.51. The Bertz CT molecular complexity index is 1200. The summed E-state index contributed by atoms with van der Waals surface area (Å²) >= 11 is 1.46. The molecule has 0 fully saturated rings. The number of benzene rings is 2. The first kappa shape index (κ1) is 23.1. The van der Waals surface area contributed by atoms with Gasteiger partial charge in [0.1, 0.15) is 11.9 Å². The molecule has 5 nitrogen and oxygen atoms in total. The van der Waals surface area contributed by atoms with Gasteiger partial charge in [-0.1, -0.05) is 35.5 Å². The molecule has 2 atom stereocenters. The highest BCUT2D eigenvalue weighted by Crippen LogP contribution is 2.36. The number of nitrogens with zero attached hydrogens (tertiary/aromatic N) is 1. The van der Waals surface area contributed by atoms with Crippen LogP contribution in [0.25, 0.3) is 10.4 Å². The van der Waals surface area contributed by atoms with Crippen molar-refractivity contribution in [2.75, 3.05) is 17.2 Å². The van der Waals surface area contributed by atoms with E-state index < -0.39 is 18.0 Å². The Balaban J connectivity index is 1.43. The Morgan fingerprint density at radius 2 is 2.03 bits per heavy atom. The number of nitrogens with one attached hydrogen (secondary N) is 2. The molecular weight excluding hydrogens is 449 g/mol. The topological polar surface area (TPSA) is 83.2 Å². The maximum atomic E-state index is 12.7. The summed E-state index contributed by atoms with van der Waals surface area (Å²) < 4.78 is 38.2. The molecule has 0 amide bonds. The Labute approximate surface area is 193 Å². The first-order valence-electron chi connectivity index (χ1n) is 10.4. The summed E-state index contributed by atoms with van der Waals surface area (Å²) in [5.41, 5.74) is 9.86. The van der Waals surface area contributed by atoms with E-state index in [1.165, 1.54) is 23.5 Å². The van der Waals surface area contributed by atoms with Crippen molar-refractivity contribution in [2.24, 2.45) is 5.73 Å². The van der Waals surface area contributed by atoms with E-state index in [-0.39, 0.29) is 6.04 Å². The average molecular weight is 473 g/mol. The summed E-state index contributed by atoms with van der Waals surface area (Å²) in [7, 11) is 0. The lowest BCUT2D eigenvalue weighted by Gasteiger charge is -2.13. The van der Waals surface area contributed by atoms with Gasteiger partial charge in [0.25, 0.3) is 0 Å². The maximum Gasteiger partial charge on any atom is 0.416 e. The predicted molar refractivity (Wildman–Crippen MR) is 125 cm³/mol. The Kier molecular flexibility index (Phi) is 6.61. The molecule has 172 valence electrons. The molecule has 0 bridgehead atoms. The number of fused-ring (bicyclic) bond motifs is 1. The number of hydrogen-bond donors (Lipinski definition) is 4. The second kappa shape index (κ2) is 9.43. The highest BCUT2D eigenvalue weighted by molar-refractivity contribution is 7.19. The molecule has 0 saturated heterocycles. The van der Waals surface area contributed by atoms with Gasteiger partial charge < -0.3 is 21.5 Å². The van der Waals surface area contributed by atoms with Gasteiger partial charge in [0.15, 0.2) is 5.13 Å². The van der Waals surface area contributed by atoms with Crippen molar-refractivity contribution in [3.63, 3.8) is 0 Å². The highest BCUT2D eigenvalue weighted by atomic mass is 32.1. The van der Waals surface area contributed by atoms with Crippen LogP contribution in [0.5, 0.6) is 0 Å². The maximum absolute atomic E-state index is 12.7. The van der Waals surface area contributed by atoms with Crippen LogP contribution in [0.4, 0.5) is 24.0 Å². The lowest BCUT2D eigenvalue weighted by Crippen LogP contribution is -2.31. The summed E-state index contributed by atoms with van der Waals surface area (Å²) in [6.45, 7) is 2.16. The normalized spacial score (nSPS) is 15.9. The number of rotatable bonds is 6. The molecule has 4 rings (SSSR count). The fourth-order valence-electron chi connectivity index (χ4n) is 3.70. The molecule has 5 N–H and O–H groups in total. The minimum atomic E-state index is -4.35. The van der Waals surface area contributed by atoms with Crippen molar-refractivity contribution in [3.8, 4) is 22.3 Å². The van der Waals surface area contributed by atoms with Crippen LogP contribution >= 0.6 is 11.3 Å². The Morgan fingerprint density at radius 3 is 2.73 bits per heavy atom. The number of alkyl halides is 3. The van der Waals surface area contributed by atoms with Crippen LogP contribution in [0, 0.1) is 11.8 Å². The van der Waals surface area contributed by atoms with Crippen molar-refractivity contribution in [3.05, 3.63) is 64.8 Å². The number of aliphatic hydroxyl groups excluding tert-OH is 1. The Morgan fingerprint density at radius 1 is 1.27 bits per heavy atom. The fraction of sp³-hybridized carbons (Fsp3) is 0.292. The third kappa shape index (κ3) is 5.47. The first-order chi connectivity index (χ1) is 15.7. The molecule has 2 aromatic carbocycles. The van der Waals surface area contributed by atoms with E-state index in [9.17, 15) is 18.3 Å². The van der Waals surface area contributed by atoms with Crippen molar-refractivity contribution in [2.45, 2.75) is 38.2 Å². The van der Waals surface area contributed by atoms with Crippen molar-refractivity contribution in [1.29, 1.82) is 0 Å². The largest absolute Gasteiger partial charge is 0.416 e.